The van der Waals surface area contributed by atoms with Crippen LogP contribution in [-0.4, -0.2) is 48.6 Å². The van der Waals surface area contributed by atoms with Crippen LogP contribution in [0.25, 0.3) is 0 Å². The molecule has 1 aliphatic carbocycles. The van der Waals surface area contributed by atoms with E-state index in [0.29, 0.717) is 30.2 Å². The standard InChI is InChI=1S/C27H27N3O4/c1-30(2)15-14-28-24-16-25(31)23-13-8-20(29-26(23)27(24)32)18-34-22-11-9-21(10-12-22)33-17-19-6-4-3-5-7-19/h3-13,16,28H,14-15,17-18H2,1-2H3. The fraction of sp³-hybridized carbons (Fsp3) is 0.222. The number of pyridine rings is 1. The number of nitrogens with zero attached hydrogens (tertiary/aromatic N) is 2. The summed E-state index contributed by atoms with van der Waals surface area (Å²) in [6, 6.07) is 20.6. The van der Waals surface area contributed by atoms with Gasteiger partial charge in [0, 0.05) is 19.2 Å². The van der Waals surface area contributed by atoms with E-state index in [4.69, 9.17) is 9.47 Å². The highest BCUT2D eigenvalue weighted by molar-refractivity contribution is 6.23. The number of nitrogens with one attached hydrogen (secondary N) is 1. The van der Waals surface area contributed by atoms with Gasteiger partial charge in [0.1, 0.15) is 30.4 Å². The first-order chi connectivity index (χ1) is 16.5. The maximum absolute atomic E-state index is 12.9. The van der Waals surface area contributed by atoms with Crippen molar-refractivity contribution in [2.45, 2.75) is 13.2 Å². The number of ketones is 2. The Bertz CT molecular complexity index is 1190. The van der Waals surface area contributed by atoms with E-state index in [0.717, 1.165) is 17.9 Å². The Balaban J connectivity index is 1.35. The number of hydrogen-bond acceptors (Lipinski definition) is 7. The smallest absolute Gasteiger partial charge is 0.228 e. The molecule has 174 valence electrons. The van der Waals surface area contributed by atoms with Gasteiger partial charge in [-0.1, -0.05) is 30.3 Å². The van der Waals surface area contributed by atoms with Crippen molar-refractivity contribution in [3.8, 4) is 11.5 Å². The number of fused-ring (bicyclic) bond motifs is 1. The topological polar surface area (TPSA) is 80.8 Å². The van der Waals surface area contributed by atoms with Crippen molar-refractivity contribution in [1.29, 1.82) is 0 Å². The number of benzene rings is 2. The van der Waals surface area contributed by atoms with E-state index in [2.05, 4.69) is 10.3 Å². The minimum Gasteiger partial charge on any atom is -0.489 e. The normalized spacial score (nSPS) is 12.9. The van der Waals surface area contributed by atoms with Gasteiger partial charge in [0.15, 0.2) is 5.78 Å². The Morgan fingerprint density at radius 2 is 1.53 bits per heavy atom. The molecule has 0 spiro atoms. The molecule has 7 heteroatoms. The van der Waals surface area contributed by atoms with Gasteiger partial charge >= 0.3 is 0 Å². The third-order valence-corrected chi connectivity index (χ3v) is 5.29. The third kappa shape index (κ3) is 5.88. The minimum absolute atomic E-state index is 0.158. The van der Waals surface area contributed by atoms with Crippen molar-refractivity contribution in [2.75, 3.05) is 27.2 Å². The van der Waals surface area contributed by atoms with Gasteiger partial charge in [0.05, 0.1) is 17.0 Å². The first-order valence-electron chi connectivity index (χ1n) is 11.1. The summed E-state index contributed by atoms with van der Waals surface area (Å²) in [4.78, 5) is 31.7. The quantitative estimate of drug-likeness (QED) is 0.498. The van der Waals surface area contributed by atoms with Crippen LogP contribution in [0.5, 0.6) is 11.5 Å². The Labute approximate surface area is 199 Å². The summed E-state index contributed by atoms with van der Waals surface area (Å²) in [6.07, 6.45) is 1.35. The number of hydrogen-bond donors (Lipinski definition) is 1. The Hall–Kier alpha value is -3.97. The lowest BCUT2D eigenvalue weighted by Gasteiger charge is -2.18. The first-order valence-corrected chi connectivity index (χ1v) is 11.1. The van der Waals surface area contributed by atoms with E-state index in [1.54, 1.807) is 12.1 Å². The number of Topliss-reactive ketones (excluding diaryl/α,β-unsaturated/α-hetero) is 1. The summed E-state index contributed by atoms with van der Waals surface area (Å²) < 4.78 is 11.6. The maximum Gasteiger partial charge on any atom is 0.228 e. The monoisotopic (exact) mass is 457 g/mol. The van der Waals surface area contributed by atoms with Gasteiger partial charge in [-0.05, 0) is 56.1 Å². The molecule has 7 nitrogen and oxygen atoms in total. The molecule has 1 aliphatic rings. The zero-order chi connectivity index (χ0) is 23.9. The number of ether oxygens (including phenoxy) is 2. The number of aromatic nitrogens is 1. The summed E-state index contributed by atoms with van der Waals surface area (Å²) in [5.74, 6) is 0.886. The second kappa shape index (κ2) is 10.8. The molecule has 0 atom stereocenters. The molecule has 0 bridgehead atoms. The zero-order valence-electron chi connectivity index (χ0n) is 19.3. The summed E-state index contributed by atoms with van der Waals surface area (Å²) >= 11 is 0. The molecule has 3 aromatic rings. The molecule has 0 radical (unpaired) electrons. The Morgan fingerprint density at radius 1 is 0.853 bits per heavy atom. The van der Waals surface area contributed by atoms with Gasteiger partial charge in [-0.2, -0.15) is 0 Å². The second-order valence-corrected chi connectivity index (χ2v) is 8.21. The lowest BCUT2D eigenvalue weighted by Crippen LogP contribution is -2.32. The molecule has 1 aromatic heterocycles. The average molecular weight is 458 g/mol. The molecule has 34 heavy (non-hydrogen) atoms. The average Bonchev–Trinajstić information content (AvgIpc) is 2.85. The van der Waals surface area contributed by atoms with E-state index >= 15 is 0 Å². The zero-order valence-corrected chi connectivity index (χ0v) is 19.3. The van der Waals surface area contributed by atoms with E-state index in [-0.39, 0.29) is 29.6 Å². The van der Waals surface area contributed by atoms with E-state index < -0.39 is 0 Å². The van der Waals surface area contributed by atoms with E-state index in [9.17, 15) is 9.59 Å². The number of rotatable bonds is 10. The second-order valence-electron chi connectivity index (χ2n) is 8.21. The van der Waals surface area contributed by atoms with E-state index in [1.165, 1.54) is 6.08 Å². The molecular weight excluding hydrogens is 430 g/mol. The van der Waals surface area contributed by atoms with Crippen LogP contribution in [0.2, 0.25) is 0 Å². The fourth-order valence-corrected chi connectivity index (χ4v) is 3.43. The van der Waals surface area contributed by atoms with Crippen molar-refractivity contribution in [2.24, 2.45) is 0 Å². The van der Waals surface area contributed by atoms with Crippen LogP contribution >= 0.6 is 0 Å². The largest absolute Gasteiger partial charge is 0.489 e. The van der Waals surface area contributed by atoms with Crippen LogP contribution in [0.1, 0.15) is 32.1 Å². The minimum atomic E-state index is -0.282. The Kier molecular flexibility index (Phi) is 7.34. The van der Waals surface area contributed by atoms with Crippen LogP contribution in [0.4, 0.5) is 0 Å². The molecule has 0 aliphatic heterocycles. The summed E-state index contributed by atoms with van der Waals surface area (Å²) in [5.41, 5.74) is 2.41. The molecule has 0 amide bonds. The van der Waals surface area contributed by atoms with Crippen LogP contribution in [-0.2, 0) is 13.2 Å². The van der Waals surface area contributed by atoms with Crippen molar-refractivity contribution in [3.63, 3.8) is 0 Å². The van der Waals surface area contributed by atoms with Crippen molar-refractivity contribution >= 4 is 11.6 Å². The highest BCUT2D eigenvalue weighted by atomic mass is 16.5. The Morgan fingerprint density at radius 3 is 2.21 bits per heavy atom. The van der Waals surface area contributed by atoms with Crippen LogP contribution in [0, 0.1) is 0 Å². The summed E-state index contributed by atoms with van der Waals surface area (Å²) in [5, 5.41) is 3.04. The lowest BCUT2D eigenvalue weighted by molar-refractivity contribution is 0.0973. The highest BCUT2D eigenvalue weighted by Gasteiger charge is 2.27. The molecule has 1 N–H and O–H groups in total. The van der Waals surface area contributed by atoms with Crippen molar-refractivity contribution in [3.05, 3.63) is 101 Å². The number of likely N-dealkylation sites (N-methyl/N-ethyl adjacent to an activating group) is 1. The van der Waals surface area contributed by atoms with Gasteiger partial charge < -0.3 is 19.7 Å². The fourth-order valence-electron chi connectivity index (χ4n) is 3.43. The number of allylic oxidation sites excluding steroid dienone is 2. The van der Waals surface area contributed by atoms with Gasteiger partial charge in [0.25, 0.3) is 0 Å². The molecule has 2 aromatic carbocycles. The highest BCUT2D eigenvalue weighted by Crippen LogP contribution is 2.22. The van der Waals surface area contributed by atoms with Crippen LogP contribution in [0.3, 0.4) is 0 Å². The van der Waals surface area contributed by atoms with Gasteiger partial charge in [-0.3, -0.25) is 9.59 Å². The molecule has 0 fully saturated rings. The molecule has 1 heterocycles. The summed E-state index contributed by atoms with van der Waals surface area (Å²) in [7, 11) is 3.89. The van der Waals surface area contributed by atoms with Gasteiger partial charge in [-0.15, -0.1) is 0 Å². The summed E-state index contributed by atoms with van der Waals surface area (Å²) in [6.45, 7) is 1.96. The molecule has 0 saturated carbocycles. The van der Waals surface area contributed by atoms with Gasteiger partial charge in [0.2, 0.25) is 5.78 Å². The molecular formula is C27H27N3O4. The lowest BCUT2D eigenvalue weighted by atomic mass is 9.97. The maximum atomic E-state index is 12.9. The molecule has 0 unspecified atom stereocenters. The predicted octanol–water partition coefficient (Wildman–Crippen LogP) is 3.65. The third-order valence-electron chi connectivity index (χ3n) is 5.29. The predicted molar refractivity (Wildman–Crippen MR) is 129 cm³/mol. The first kappa shape index (κ1) is 23.2. The van der Waals surface area contributed by atoms with Crippen molar-refractivity contribution in [1.82, 2.24) is 15.2 Å². The number of carbonyl (C=O) groups excluding carboxylic acids is 2. The molecule has 4 rings (SSSR count). The van der Waals surface area contributed by atoms with E-state index in [1.807, 2.05) is 73.6 Å². The number of carbonyl (C=O) groups is 2. The van der Waals surface area contributed by atoms with Crippen molar-refractivity contribution < 1.29 is 19.1 Å². The SMILES string of the molecule is CN(C)CCNC1=CC(=O)c2ccc(COc3ccc(OCc4ccccc4)cc3)nc2C1=O. The van der Waals surface area contributed by atoms with Gasteiger partial charge in [-0.25, -0.2) is 4.98 Å². The van der Waals surface area contributed by atoms with Crippen LogP contribution in [0.15, 0.2) is 78.5 Å². The van der Waals surface area contributed by atoms with Crippen LogP contribution < -0.4 is 14.8 Å². The molecule has 0 saturated heterocycles.